The van der Waals surface area contributed by atoms with Gasteiger partial charge in [-0.1, -0.05) is 13.0 Å². The molecule has 20 heavy (non-hydrogen) atoms. The highest BCUT2D eigenvalue weighted by atomic mass is 16.5. The first-order chi connectivity index (χ1) is 9.67. The Bertz CT molecular complexity index is 659. The van der Waals surface area contributed by atoms with Gasteiger partial charge in [-0.25, -0.2) is 0 Å². The summed E-state index contributed by atoms with van der Waals surface area (Å²) in [4.78, 5) is 0. The first kappa shape index (κ1) is 13.8. The van der Waals surface area contributed by atoms with E-state index >= 15 is 0 Å². The van der Waals surface area contributed by atoms with Crippen molar-refractivity contribution in [3.63, 3.8) is 0 Å². The van der Waals surface area contributed by atoms with Crippen LogP contribution >= 0.6 is 0 Å². The fourth-order valence-corrected chi connectivity index (χ4v) is 1.96. The number of rotatable bonds is 4. The van der Waals surface area contributed by atoms with Crippen LogP contribution in [0.2, 0.25) is 0 Å². The summed E-state index contributed by atoms with van der Waals surface area (Å²) in [5.41, 5.74) is 9.86. The molecule has 0 aromatic heterocycles. The third-order valence-electron chi connectivity index (χ3n) is 3.12. The van der Waals surface area contributed by atoms with Crippen LogP contribution in [0, 0.1) is 11.3 Å². The molecule has 0 bridgehead atoms. The second-order valence-electron chi connectivity index (χ2n) is 4.43. The summed E-state index contributed by atoms with van der Waals surface area (Å²) < 4.78 is 5.35. The van der Waals surface area contributed by atoms with E-state index in [1.54, 1.807) is 25.3 Å². The highest BCUT2D eigenvalue weighted by Gasteiger charge is 2.07. The van der Waals surface area contributed by atoms with E-state index in [4.69, 9.17) is 15.7 Å². The summed E-state index contributed by atoms with van der Waals surface area (Å²) in [5, 5.41) is 12.1. The molecule has 0 saturated heterocycles. The van der Waals surface area contributed by atoms with E-state index in [-0.39, 0.29) is 0 Å². The second kappa shape index (κ2) is 5.98. The summed E-state index contributed by atoms with van der Waals surface area (Å²) in [7, 11) is 1.63. The van der Waals surface area contributed by atoms with Gasteiger partial charge in [0.25, 0.3) is 0 Å². The Morgan fingerprint density at radius 2 is 2.00 bits per heavy atom. The Hall–Kier alpha value is -2.67. The van der Waals surface area contributed by atoms with Crippen LogP contribution in [0.15, 0.2) is 36.4 Å². The van der Waals surface area contributed by atoms with Crippen LogP contribution in [0.5, 0.6) is 5.75 Å². The molecule has 0 heterocycles. The molecule has 3 N–H and O–H groups in total. The van der Waals surface area contributed by atoms with Crippen LogP contribution < -0.4 is 15.8 Å². The molecule has 102 valence electrons. The Morgan fingerprint density at radius 1 is 1.20 bits per heavy atom. The molecule has 0 unspecified atom stereocenters. The average molecular weight is 267 g/mol. The molecule has 0 aliphatic carbocycles. The molecule has 0 atom stereocenters. The van der Waals surface area contributed by atoms with Gasteiger partial charge in [0.1, 0.15) is 5.75 Å². The zero-order chi connectivity index (χ0) is 14.5. The molecular formula is C16H17N3O. The Labute approximate surface area is 118 Å². The second-order valence-corrected chi connectivity index (χ2v) is 4.43. The van der Waals surface area contributed by atoms with Crippen molar-refractivity contribution in [1.29, 1.82) is 5.26 Å². The number of anilines is 3. The van der Waals surface area contributed by atoms with Gasteiger partial charge < -0.3 is 15.8 Å². The summed E-state index contributed by atoms with van der Waals surface area (Å²) in [6.07, 6.45) is 0.946. The summed E-state index contributed by atoms with van der Waals surface area (Å²) >= 11 is 0. The molecule has 4 nitrogen and oxygen atoms in total. The molecule has 0 amide bonds. The van der Waals surface area contributed by atoms with Gasteiger partial charge in [-0.15, -0.1) is 0 Å². The Morgan fingerprint density at radius 3 is 2.60 bits per heavy atom. The molecule has 2 rings (SSSR count). The van der Waals surface area contributed by atoms with Crippen molar-refractivity contribution < 1.29 is 4.74 Å². The van der Waals surface area contributed by atoms with E-state index in [0.717, 1.165) is 23.5 Å². The first-order valence-electron chi connectivity index (χ1n) is 6.41. The van der Waals surface area contributed by atoms with Crippen molar-refractivity contribution >= 4 is 17.1 Å². The zero-order valence-electron chi connectivity index (χ0n) is 11.6. The predicted molar refractivity (Wildman–Crippen MR) is 81.2 cm³/mol. The van der Waals surface area contributed by atoms with E-state index in [1.807, 2.05) is 18.2 Å². The fraction of sp³-hybridized carbons (Fsp3) is 0.188. The number of benzene rings is 2. The van der Waals surface area contributed by atoms with Crippen LogP contribution in [-0.4, -0.2) is 7.11 Å². The normalized spacial score (nSPS) is 9.85. The largest absolute Gasteiger partial charge is 0.495 e. The van der Waals surface area contributed by atoms with Crippen molar-refractivity contribution in [2.24, 2.45) is 0 Å². The number of aryl methyl sites for hydroxylation is 1. The SMILES string of the molecule is CCc1ccc(OC)c(Nc2ccc(C#N)cc2N)c1. The molecule has 0 aliphatic rings. The van der Waals surface area contributed by atoms with E-state index in [1.165, 1.54) is 5.56 Å². The lowest BCUT2D eigenvalue weighted by molar-refractivity contribution is 0.416. The molecule has 0 aliphatic heterocycles. The smallest absolute Gasteiger partial charge is 0.142 e. The van der Waals surface area contributed by atoms with E-state index in [2.05, 4.69) is 18.3 Å². The molecule has 0 radical (unpaired) electrons. The predicted octanol–water partition coefficient (Wildman–Crippen LogP) is 3.46. The number of methoxy groups -OCH3 is 1. The lowest BCUT2D eigenvalue weighted by Crippen LogP contribution is -1.99. The molecule has 2 aromatic carbocycles. The minimum absolute atomic E-state index is 0.535. The monoisotopic (exact) mass is 267 g/mol. The molecule has 4 heteroatoms. The minimum atomic E-state index is 0.535. The van der Waals surface area contributed by atoms with Crippen molar-refractivity contribution in [3.8, 4) is 11.8 Å². The number of hydrogen-bond acceptors (Lipinski definition) is 4. The third-order valence-corrected chi connectivity index (χ3v) is 3.12. The average Bonchev–Trinajstić information content (AvgIpc) is 2.49. The van der Waals surface area contributed by atoms with Crippen molar-refractivity contribution in [2.75, 3.05) is 18.2 Å². The van der Waals surface area contributed by atoms with Crippen molar-refractivity contribution in [1.82, 2.24) is 0 Å². The van der Waals surface area contributed by atoms with Crippen LogP contribution in [0.1, 0.15) is 18.1 Å². The quantitative estimate of drug-likeness (QED) is 0.832. The lowest BCUT2D eigenvalue weighted by atomic mass is 10.1. The van der Waals surface area contributed by atoms with Gasteiger partial charge >= 0.3 is 0 Å². The van der Waals surface area contributed by atoms with Crippen LogP contribution in [0.3, 0.4) is 0 Å². The van der Waals surface area contributed by atoms with Crippen molar-refractivity contribution in [2.45, 2.75) is 13.3 Å². The van der Waals surface area contributed by atoms with E-state index in [9.17, 15) is 0 Å². The number of nitrogen functional groups attached to an aromatic ring is 1. The third kappa shape index (κ3) is 2.83. The number of nitriles is 1. The first-order valence-corrected chi connectivity index (χ1v) is 6.41. The summed E-state index contributed by atoms with van der Waals surface area (Å²) in [6.45, 7) is 2.10. The molecule has 0 spiro atoms. The topological polar surface area (TPSA) is 71.1 Å². The molecule has 0 saturated carbocycles. The minimum Gasteiger partial charge on any atom is -0.495 e. The Balaban J connectivity index is 2.36. The van der Waals surface area contributed by atoms with Gasteiger partial charge in [-0.3, -0.25) is 0 Å². The number of hydrogen-bond donors (Lipinski definition) is 2. The number of nitrogens with zero attached hydrogens (tertiary/aromatic N) is 1. The Kier molecular flexibility index (Phi) is 4.11. The molecular weight excluding hydrogens is 250 g/mol. The maximum Gasteiger partial charge on any atom is 0.142 e. The molecule has 0 fully saturated rings. The van der Waals surface area contributed by atoms with Gasteiger partial charge in [0.15, 0.2) is 0 Å². The van der Waals surface area contributed by atoms with Crippen LogP contribution in [0.4, 0.5) is 17.1 Å². The van der Waals surface area contributed by atoms with Crippen molar-refractivity contribution in [3.05, 3.63) is 47.5 Å². The van der Waals surface area contributed by atoms with Crippen LogP contribution in [0.25, 0.3) is 0 Å². The summed E-state index contributed by atoms with van der Waals surface area (Å²) in [6, 6.07) is 13.3. The van der Waals surface area contributed by atoms with Crippen LogP contribution in [-0.2, 0) is 6.42 Å². The van der Waals surface area contributed by atoms with Gasteiger partial charge in [-0.2, -0.15) is 5.26 Å². The van der Waals surface area contributed by atoms with Gasteiger partial charge in [0.2, 0.25) is 0 Å². The number of ether oxygens (including phenoxy) is 1. The highest BCUT2D eigenvalue weighted by molar-refractivity contribution is 5.76. The maximum atomic E-state index is 8.85. The molecule has 2 aromatic rings. The number of nitrogens with two attached hydrogens (primary N) is 1. The number of nitrogens with one attached hydrogen (secondary N) is 1. The highest BCUT2D eigenvalue weighted by Crippen LogP contribution is 2.31. The zero-order valence-corrected chi connectivity index (χ0v) is 11.6. The standard InChI is InChI=1S/C16H17N3O/c1-3-11-5-7-16(20-2)15(9-11)19-14-6-4-12(10-17)8-13(14)18/h4-9,19H,3,18H2,1-2H3. The van der Waals surface area contributed by atoms with Gasteiger partial charge in [0, 0.05) is 0 Å². The van der Waals surface area contributed by atoms with E-state index in [0.29, 0.717) is 11.3 Å². The fourth-order valence-electron chi connectivity index (χ4n) is 1.96. The van der Waals surface area contributed by atoms with Gasteiger partial charge in [0.05, 0.1) is 35.8 Å². The van der Waals surface area contributed by atoms with E-state index < -0.39 is 0 Å². The summed E-state index contributed by atoms with van der Waals surface area (Å²) in [5.74, 6) is 0.756. The lowest BCUT2D eigenvalue weighted by Gasteiger charge is -2.14. The van der Waals surface area contributed by atoms with Gasteiger partial charge in [-0.05, 0) is 42.3 Å². The maximum absolute atomic E-state index is 8.85.